The van der Waals surface area contributed by atoms with Crippen molar-refractivity contribution in [1.82, 2.24) is 15.1 Å². The van der Waals surface area contributed by atoms with Gasteiger partial charge in [-0.25, -0.2) is 4.39 Å². The van der Waals surface area contributed by atoms with E-state index >= 15 is 0 Å². The molecule has 0 aliphatic heterocycles. The number of halogens is 1. The van der Waals surface area contributed by atoms with Gasteiger partial charge in [-0.3, -0.25) is 9.48 Å². The molecule has 7 heteroatoms. The molecule has 1 aromatic heterocycles. The molecule has 0 radical (unpaired) electrons. The molecule has 1 heterocycles. The third-order valence-corrected chi connectivity index (χ3v) is 3.95. The molecule has 1 amide bonds. The molecule has 1 N–H and O–H groups in total. The van der Waals surface area contributed by atoms with Crippen molar-refractivity contribution in [2.75, 3.05) is 20.3 Å². The zero-order valence-electron chi connectivity index (χ0n) is 15.1. The van der Waals surface area contributed by atoms with Gasteiger partial charge in [-0.1, -0.05) is 12.1 Å². The van der Waals surface area contributed by atoms with Crippen molar-refractivity contribution < 1.29 is 18.7 Å². The second-order valence-electron chi connectivity index (χ2n) is 5.83. The molecule has 6 nitrogen and oxygen atoms in total. The van der Waals surface area contributed by atoms with Crippen molar-refractivity contribution in [2.24, 2.45) is 7.05 Å². The number of nitrogens with one attached hydrogen (secondary N) is 1. The highest BCUT2D eigenvalue weighted by Gasteiger charge is 2.14. The van der Waals surface area contributed by atoms with Crippen LogP contribution in [0.2, 0.25) is 0 Å². The summed E-state index contributed by atoms with van der Waals surface area (Å²) in [5.74, 6) is 0.703. The molecular weight excluding hydrogens is 349 g/mol. The summed E-state index contributed by atoms with van der Waals surface area (Å²) < 4.78 is 25.1. The average molecular weight is 369 g/mol. The summed E-state index contributed by atoms with van der Waals surface area (Å²) in [6.45, 7) is 0.591. The molecule has 140 valence electrons. The van der Waals surface area contributed by atoms with Crippen LogP contribution in [0.4, 0.5) is 4.39 Å². The number of aromatic nitrogens is 2. The maximum atomic E-state index is 12.8. The van der Waals surface area contributed by atoms with Crippen LogP contribution in [0.3, 0.4) is 0 Å². The van der Waals surface area contributed by atoms with Crippen molar-refractivity contribution in [3.05, 3.63) is 66.1 Å². The summed E-state index contributed by atoms with van der Waals surface area (Å²) in [5, 5.41) is 7.18. The Morgan fingerprint density at radius 2 is 1.93 bits per heavy atom. The summed E-state index contributed by atoms with van der Waals surface area (Å²) in [6.07, 6.45) is 0. The number of aryl methyl sites for hydroxylation is 1. The minimum atomic E-state index is -0.321. The van der Waals surface area contributed by atoms with Crippen molar-refractivity contribution in [3.63, 3.8) is 0 Å². The number of nitrogens with zero attached hydrogens (tertiary/aromatic N) is 2. The number of hydrogen-bond acceptors (Lipinski definition) is 4. The fourth-order valence-electron chi connectivity index (χ4n) is 2.56. The van der Waals surface area contributed by atoms with Crippen molar-refractivity contribution in [2.45, 2.75) is 0 Å². The molecule has 0 unspecified atom stereocenters. The Hall–Kier alpha value is -3.35. The van der Waals surface area contributed by atoms with Gasteiger partial charge in [-0.15, -0.1) is 0 Å². The van der Waals surface area contributed by atoms with Crippen LogP contribution < -0.4 is 14.8 Å². The number of carbonyl (C=O) groups is 1. The molecule has 0 fully saturated rings. The van der Waals surface area contributed by atoms with E-state index in [2.05, 4.69) is 10.4 Å². The Balaban J connectivity index is 1.58. The summed E-state index contributed by atoms with van der Waals surface area (Å²) in [7, 11) is 3.32. The van der Waals surface area contributed by atoms with Crippen LogP contribution in [0.25, 0.3) is 11.3 Å². The minimum Gasteiger partial charge on any atom is -0.497 e. The van der Waals surface area contributed by atoms with Crippen molar-refractivity contribution in [1.29, 1.82) is 0 Å². The zero-order chi connectivity index (χ0) is 19.2. The third-order valence-electron chi connectivity index (χ3n) is 3.95. The van der Waals surface area contributed by atoms with Gasteiger partial charge in [0, 0.05) is 12.6 Å². The van der Waals surface area contributed by atoms with E-state index in [1.54, 1.807) is 32.4 Å². The number of ether oxygens (including phenoxy) is 2. The largest absolute Gasteiger partial charge is 0.497 e. The van der Waals surface area contributed by atoms with Crippen LogP contribution in [0.5, 0.6) is 11.5 Å². The molecule has 0 saturated carbocycles. The number of amides is 1. The van der Waals surface area contributed by atoms with Gasteiger partial charge in [0.1, 0.15) is 29.6 Å². The van der Waals surface area contributed by atoms with Gasteiger partial charge in [0.05, 0.1) is 19.3 Å². The molecule has 27 heavy (non-hydrogen) atoms. The monoisotopic (exact) mass is 369 g/mol. The first kappa shape index (κ1) is 18.4. The fourth-order valence-corrected chi connectivity index (χ4v) is 2.56. The smallest absolute Gasteiger partial charge is 0.269 e. The summed E-state index contributed by atoms with van der Waals surface area (Å²) >= 11 is 0. The topological polar surface area (TPSA) is 65.4 Å². The van der Waals surface area contributed by atoms with E-state index in [9.17, 15) is 9.18 Å². The Bertz CT molecular complexity index is 922. The van der Waals surface area contributed by atoms with Gasteiger partial charge < -0.3 is 14.8 Å². The second kappa shape index (κ2) is 8.35. The summed E-state index contributed by atoms with van der Waals surface area (Å²) in [5.41, 5.74) is 1.99. The van der Waals surface area contributed by atoms with Crippen molar-refractivity contribution >= 4 is 5.91 Å². The van der Waals surface area contributed by atoms with Crippen molar-refractivity contribution in [3.8, 4) is 22.8 Å². The first-order chi connectivity index (χ1) is 13.1. The molecule has 2 aromatic carbocycles. The molecule has 3 aromatic rings. The van der Waals surface area contributed by atoms with E-state index in [1.807, 2.05) is 24.3 Å². The first-order valence-electron chi connectivity index (χ1n) is 8.42. The van der Waals surface area contributed by atoms with Crippen LogP contribution in [0.15, 0.2) is 54.6 Å². The maximum Gasteiger partial charge on any atom is 0.269 e. The van der Waals surface area contributed by atoms with Gasteiger partial charge in [-0.2, -0.15) is 5.10 Å². The minimum absolute atomic E-state index is 0.248. The van der Waals surface area contributed by atoms with Crippen LogP contribution in [-0.4, -0.2) is 35.9 Å². The normalized spacial score (nSPS) is 10.5. The molecule has 0 aliphatic carbocycles. The highest BCUT2D eigenvalue weighted by atomic mass is 19.1. The SMILES string of the molecule is COc1cccc(-c2cc(C(=O)NCCOc3ccc(F)cc3)n(C)n2)c1. The molecule has 0 saturated heterocycles. The Morgan fingerprint density at radius 3 is 2.67 bits per heavy atom. The van der Waals surface area contributed by atoms with Crippen LogP contribution in [0.1, 0.15) is 10.5 Å². The van der Waals surface area contributed by atoms with Gasteiger partial charge in [0.25, 0.3) is 5.91 Å². The highest BCUT2D eigenvalue weighted by Crippen LogP contribution is 2.23. The van der Waals surface area contributed by atoms with E-state index in [0.717, 1.165) is 11.3 Å². The maximum absolute atomic E-state index is 12.8. The fraction of sp³-hybridized carbons (Fsp3) is 0.200. The molecule has 0 atom stereocenters. The lowest BCUT2D eigenvalue weighted by atomic mass is 10.1. The van der Waals surface area contributed by atoms with Gasteiger partial charge in [0.15, 0.2) is 0 Å². The molecule has 0 aliphatic rings. The van der Waals surface area contributed by atoms with Crippen LogP contribution in [0, 0.1) is 5.82 Å². The Labute approximate surface area is 156 Å². The number of rotatable bonds is 7. The summed E-state index contributed by atoms with van der Waals surface area (Å²) in [4.78, 5) is 12.4. The lowest BCUT2D eigenvalue weighted by Crippen LogP contribution is -2.29. The number of carbonyl (C=O) groups excluding carboxylic acids is 1. The Kier molecular flexibility index (Phi) is 5.71. The molecule has 3 rings (SSSR count). The lowest BCUT2D eigenvalue weighted by molar-refractivity contribution is 0.0937. The average Bonchev–Trinajstić information content (AvgIpc) is 3.08. The lowest BCUT2D eigenvalue weighted by Gasteiger charge is -2.07. The second-order valence-corrected chi connectivity index (χ2v) is 5.83. The highest BCUT2D eigenvalue weighted by molar-refractivity contribution is 5.93. The zero-order valence-corrected chi connectivity index (χ0v) is 15.1. The number of benzene rings is 2. The Morgan fingerprint density at radius 1 is 1.15 bits per heavy atom. The van der Waals surface area contributed by atoms with Crippen LogP contribution >= 0.6 is 0 Å². The molecule has 0 spiro atoms. The van der Waals surface area contributed by atoms with Crippen LogP contribution in [-0.2, 0) is 7.05 Å². The standard InChI is InChI=1S/C20H20FN3O3/c1-24-19(13-18(23-24)14-4-3-5-17(12-14)26-2)20(25)22-10-11-27-16-8-6-15(21)7-9-16/h3-9,12-13H,10-11H2,1-2H3,(H,22,25). The molecule has 0 bridgehead atoms. The van der Waals surface area contributed by atoms with E-state index in [1.165, 1.54) is 16.8 Å². The number of hydrogen-bond donors (Lipinski definition) is 1. The van der Waals surface area contributed by atoms with E-state index in [-0.39, 0.29) is 18.3 Å². The van der Waals surface area contributed by atoms with Gasteiger partial charge in [0.2, 0.25) is 0 Å². The first-order valence-corrected chi connectivity index (χ1v) is 8.42. The quantitative estimate of drug-likeness (QED) is 0.650. The predicted molar refractivity (Wildman–Crippen MR) is 99.4 cm³/mol. The van der Waals surface area contributed by atoms with E-state index < -0.39 is 0 Å². The number of methoxy groups -OCH3 is 1. The van der Waals surface area contributed by atoms with E-state index in [4.69, 9.17) is 9.47 Å². The predicted octanol–water partition coefficient (Wildman–Crippen LogP) is 3.04. The van der Waals surface area contributed by atoms with E-state index in [0.29, 0.717) is 23.7 Å². The van der Waals surface area contributed by atoms with Gasteiger partial charge in [-0.05, 0) is 42.5 Å². The van der Waals surface area contributed by atoms with Gasteiger partial charge >= 0.3 is 0 Å². The summed E-state index contributed by atoms with van der Waals surface area (Å²) in [6, 6.07) is 14.9. The third kappa shape index (κ3) is 4.63. The molecular formula is C20H20FN3O3.